The van der Waals surface area contributed by atoms with Crippen LogP contribution in [-0.2, 0) is 14.3 Å². The van der Waals surface area contributed by atoms with E-state index in [0.717, 1.165) is 4.90 Å². The Kier molecular flexibility index (Phi) is 6.99. The van der Waals surface area contributed by atoms with E-state index in [1.54, 1.807) is 42.5 Å². The van der Waals surface area contributed by atoms with Gasteiger partial charge in [-0.3, -0.25) is 14.4 Å². The van der Waals surface area contributed by atoms with Gasteiger partial charge in [-0.2, -0.15) is 0 Å². The molecule has 9 heteroatoms. The highest BCUT2D eigenvalue weighted by Crippen LogP contribution is 2.44. The largest absolute Gasteiger partial charge is 0.497 e. The molecule has 4 rings (SSSR count). The Hall–Kier alpha value is -2.52. The number of esters is 1. The second kappa shape index (κ2) is 9.77. The number of rotatable bonds is 6. The predicted octanol–water partition coefficient (Wildman–Crippen LogP) is 4.16. The molecule has 2 fully saturated rings. The first-order chi connectivity index (χ1) is 15.8. The van der Waals surface area contributed by atoms with Crippen LogP contribution in [-0.4, -0.2) is 46.9 Å². The average molecular weight is 579 g/mol. The molecule has 4 atom stereocenters. The molecule has 0 unspecified atom stereocenters. The molecule has 0 spiro atoms. The zero-order valence-corrected chi connectivity index (χ0v) is 20.9. The standard InChI is InChI=1S/C24H21Br2NO6/c1-32-14-8-6-13(7-9-14)21(28)12-33-24(31)15-4-2-3-5-20(15)27-22(29)16-10-18(25)19(26)11-17(16)23(27)30/h2-9,16-19H,10-12H2,1H3/t16-,17+,18-,19-/m1/s1. The van der Waals surface area contributed by atoms with Crippen LogP contribution in [0.5, 0.6) is 5.75 Å². The number of hydrogen-bond acceptors (Lipinski definition) is 6. The Labute approximate surface area is 207 Å². The lowest BCUT2D eigenvalue weighted by Gasteiger charge is -2.29. The van der Waals surface area contributed by atoms with E-state index in [1.807, 2.05) is 0 Å². The van der Waals surface area contributed by atoms with Crippen molar-refractivity contribution in [3.8, 4) is 5.75 Å². The van der Waals surface area contributed by atoms with Crippen LogP contribution in [0.3, 0.4) is 0 Å². The summed E-state index contributed by atoms with van der Waals surface area (Å²) >= 11 is 7.14. The van der Waals surface area contributed by atoms with Gasteiger partial charge in [-0.15, -0.1) is 0 Å². The highest BCUT2D eigenvalue weighted by atomic mass is 79.9. The van der Waals surface area contributed by atoms with E-state index in [-0.39, 0.29) is 38.5 Å². The number of nitrogens with zero attached hydrogens (tertiary/aromatic N) is 1. The maximum atomic E-state index is 13.1. The highest BCUT2D eigenvalue weighted by molar-refractivity contribution is 9.12. The number of alkyl halides is 2. The van der Waals surface area contributed by atoms with Gasteiger partial charge in [0, 0.05) is 15.2 Å². The lowest BCUT2D eigenvalue weighted by Crippen LogP contribution is -2.34. The summed E-state index contributed by atoms with van der Waals surface area (Å²) < 4.78 is 10.3. The van der Waals surface area contributed by atoms with Gasteiger partial charge < -0.3 is 9.47 Å². The molecule has 2 aromatic rings. The van der Waals surface area contributed by atoms with Crippen LogP contribution in [0, 0.1) is 11.8 Å². The SMILES string of the molecule is COc1ccc(C(=O)COC(=O)c2ccccc2N2C(=O)[C@H]3C[C@@H](Br)[C@H](Br)C[C@H]3C2=O)cc1. The van der Waals surface area contributed by atoms with Crippen LogP contribution < -0.4 is 9.64 Å². The van der Waals surface area contributed by atoms with Crippen molar-refractivity contribution < 1.29 is 28.7 Å². The summed E-state index contributed by atoms with van der Waals surface area (Å²) in [6.45, 7) is -0.469. The molecule has 1 aliphatic carbocycles. The molecule has 2 amide bonds. The average Bonchev–Trinajstić information content (AvgIpc) is 3.06. The van der Waals surface area contributed by atoms with Crippen molar-refractivity contribution in [3.05, 3.63) is 59.7 Å². The summed E-state index contributed by atoms with van der Waals surface area (Å²) in [5.74, 6) is -2.05. The maximum Gasteiger partial charge on any atom is 0.340 e. The molecule has 0 N–H and O–H groups in total. The fraction of sp³-hybridized carbons (Fsp3) is 0.333. The second-order valence-corrected chi connectivity index (χ2v) is 10.3. The molecular formula is C24H21Br2NO6. The quantitative estimate of drug-likeness (QED) is 0.221. The third kappa shape index (κ3) is 4.61. The van der Waals surface area contributed by atoms with Crippen molar-refractivity contribution in [2.75, 3.05) is 18.6 Å². The van der Waals surface area contributed by atoms with Gasteiger partial charge in [0.25, 0.3) is 0 Å². The van der Waals surface area contributed by atoms with Gasteiger partial charge in [-0.25, -0.2) is 9.69 Å². The minimum Gasteiger partial charge on any atom is -0.497 e. The molecule has 0 aromatic heterocycles. The van der Waals surface area contributed by atoms with Gasteiger partial charge in [0.15, 0.2) is 12.4 Å². The van der Waals surface area contributed by atoms with Crippen molar-refractivity contribution >= 4 is 61.1 Å². The summed E-state index contributed by atoms with van der Waals surface area (Å²) in [5, 5.41) is 0. The summed E-state index contributed by atoms with van der Waals surface area (Å²) in [6.07, 6.45) is 1.06. The van der Waals surface area contributed by atoms with Crippen molar-refractivity contribution in [1.29, 1.82) is 0 Å². The number of carbonyl (C=O) groups excluding carboxylic acids is 4. The Balaban J connectivity index is 1.51. The molecule has 7 nitrogen and oxygen atoms in total. The molecule has 33 heavy (non-hydrogen) atoms. The number of amides is 2. The first-order valence-corrected chi connectivity index (χ1v) is 12.2. The Morgan fingerprint density at radius 3 is 2.09 bits per heavy atom. The van der Waals surface area contributed by atoms with Gasteiger partial charge in [0.1, 0.15) is 5.75 Å². The number of ether oxygens (including phenoxy) is 2. The number of para-hydroxylation sites is 1. The minimum atomic E-state index is -0.778. The van der Waals surface area contributed by atoms with Gasteiger partial charge in [-0.1, -0.05) is 44.0 Å². The van der Waals surface area contributed by atoms with Crippen LogP contribution in [0.1, 0.15) is 33.6 Å². The number of benzene rings is 2. The van der Waals surface area contributed by atoms with Gasteiger partial charge in [-0.05, 0) is 49.2 Å². The van der Waals surface area contributed by atoms with E-state index in [9.17, 15) is 19.2 Å². The van der Waals surface area contributed by atoms with E-state index in [1.165, 1.54) is 13.2 Å². The molecule has 0 radical (unpaired) electrons. The number of imide groups is 1. The van der Waals surface area contributed by atoms with Gasteiger partial charge >= 0.3 is 5.97 Å². The fourth-order valence-corrected chi connectivity index (χ4v) is 5.48. The van der Waals surface area contributed by atoms with E-state index >= 15 is 0 Å². The zero-order chi connectivity index (χ0) is 23.7. The number of carbonyl (C=O) groups is 4. The first kappa shape index (κ1) is 23.6. The van der Waals surface area contributed by atoms with E-state index in [4.69, 9.17) is 9.47 Å². The summed E-state index contributed by atoms with van der Waals surface area (Å²) in [6, 6.07) is 12.8. The van der Waals surface area contributed by atoms with E-state index in [0.29, 0.717) is 24.2 Å². The number of fused-ring (bicyclic) bond motifs is 1. The number of anilines is 1. The monoisotopic (exact) mass is 577 g/mol. The Morgan fingerprint density at radius 2 is 1.52 bits per heavy atom. The fourth-order valence-electron chi connectivity index (χ4n) is 4.24. The smallest absolute Gasteiger partial charge is 0.340 e. The van der Waals surface area contributed by atoms with Crippen LogP contribution in [0.25, 0.3) is 0 Å². The van der Waals surface area contributed by atoms with Crippen molar-refractivity contribution in [3.63, 3.8) is 0 Å². The molecule has 2 aromatic carbocycles. The molecule has 1 saturated heterocycles. The highest BCUT2D eigenvalue weighted by Gasteiger charge is 2.52. The molecule has 2 aliphatic rings. The van der Waals surface area contributed by atoms with Crippen molar-refractivity contribution in [2.45, 2.75) is 22.5 Å². The Morgan fingerprint density at radius 1 is 0.939 bits per heavy atom. The number of methoxy groups -OCH3 is 1. The number of ketones is 1. The number of hydrogen-bond donors (Lipinski definition) is 0. The molecule has 172 valence electrons. The third-order valence-corrected chi connectivity index (χ3v) is 8.76. The van der Waals surface area contributed by atoms with Crippen LogP contribution in [0.2, 0.25) is 0 Å². The van der Waals surface area contributed by atoms with E-state index in [2.05, 4.69) is 31.9 Å². The Bertz CT molecular complexity index is 1070. The molecule has 1 heterocycles. The van der Waals surface area contributed by atoms with Crippen LogP contribution in [0.4, 0.5) is 5.69 Å². The van der Waals surface area contributed by atoms with Crippen LogP contribution >= 0.6 is 31.9 Å². The molecule has 1 aliphatic heterocycles. The summed E-state index contributed by atoms with van der Waals surface area (Å²) in [4.78, 5) is 52.8. The summed E-state index contributed by atoms with van der Waals surface area (Å²) in [7, 11) is 1.53. The normalized spacial score (nSPS) is 24.4. The second-order valence-electron chi connectivity index (χ2n) is 7.97. The zero-order valence-electron chi connectivity index (χ0n) is 17.7. The third-order valence-electron chi connectivity index (χ3n) is 6.02. The van der Waals surface area contributed by atoms with E-state index < -0.39 is 24.4 Å². The molecule has 0 bridgehead atoms. The number of halogens is 2. The lowest BCUT2D eigenvalue weighted by molar-refractivity contribution is -0.122. The number of Topliss-reactive ketones (excluding diaryl/α,β-unsaturated/α-hetero) is 1. The maximum absolute atomic E-state index is 13.1. The van der Waals surface area contributed by atoms with Crippen LogP contribution in [0.15, 0.2) is 48.5 Å². The van der Waals surface area contributed by atoms with Crippen molar-refractivity contribution in [1.82, 2.24) is 0 Å². The predicted molar refractivity (Wildman–Crippen MR) is 128 cm³/mol. The summed E-state index contributed by atoms with van der Waals surface area (Å²) in [5.41, 5.74) is 0.617. The first-order valence-electron chi connectivity index (χ1n) is 10.4. The minimum absolute atomic E-state index is 0.0613. The topological polar surface area (TPSA) is 90.0 Å². The lowest BCUT2D eigenvalue weighted by atomic mass is 9.81. The van der Waals surface area contributed by atoms with Gasteiger partial charge in [0.2, 0.25) is 11.8 Å². The van der Waals surface area contributed by atoms with Crippen molar-refractivity contribution in [2.24, 2.45) is 11.8 Å². The molecule has 1 saturated carbocycles. The van der Waals surface area contributed by atoms with Gasteiger partial charge in [0.05, 0.1) is 30.2 Å². The molecular weight excluding hydrogens is 558 g/mol.